The number of hydrogen-bond acceptors (Lipinski definition) is 5. The van der Waals surface area contributed by atoms with E-state index in [0.717, 1.165) is 0 Å². The van der Waals surface area contributed by atoms with Gasteiger partial charge in [-0.25, -0.2) is 4.79 Å². The second-order valence-corrected chi connectivity index (χ2v) is 5.59. The van der Waals surface area contributed by atoms with Crippen LogP contribution >= 0.6 is 0 Å². The van der Waals surface area contributed by atoms with Crippen molar-refractivity contribution in [2.24, 2.45) is 0 Å². The molecule has 1 N–H and O–H groups in total. The summed E-state index contributed by atoms with van der Waals surface area (Å²) in [6.45, 7) is 9.56. The fraction of sp³-hybridized carbons (Fsp3) is 0.846. The SMILES string of the molecule is CCOC(=O)CCNC1CN(C(=O)OC(C)(C)C)C1. The molecule has 1 rings (SSSR count). The highest BCUT2D eigenvalue weighted by molar-refractivity contribution is 5.70. The highest BCUT2D eigenvalue weighted by atomic mass is 16.6. The fourth-order valence-corrected chi connectivity index (χ4v) is 1.69. The number of carbonyl (C=O) groups is 2. The van der Waals surface area contributed by atoms with Crippen molar-refractivity contribution in [2.75, 3.05) is 26.2 Å². The molecule has 0 unspecified atom stereocenters. The van der Waals surface area contributed by atoms with Crippen LogP contribution in [-0.2, 0) is 14.3 Å². The molecule has 6 nitrogen and oxygen atoms in total. The Hall–Kier alpha value is -1.30. The fourth-order valence-electron chi connectivity index (χ4n) is 1.69. The van der Waals surface area contributed by atoms with Gasteiger partial charge in [0.15, 0.2) is 0 Å². The first-order valence-corrected chi connectivity index (χ1v) is 6.68. The molecule has 1 saturated heterocycles. The van der Waals surface area contributed by atoms with Gasteiger partial charge in [-0.1, -0.05) is 0 Å². The second-order valence-electron chi connectivity index (χ2n) is 5.59. The molecular formula is C13H24N2O4. The molecule has 19 heavy (non-hydrogen) atoms. The van der Waals surface area contributed by atoms with Gasteiger partial charge in [0.2, 0.25) is 0 Å². The molecule has 0 bridgehead atoms. The summed E-state index contributed by atoms with van der Waals surface area (Å²) in [7, 11) is 0. The van der Waals surface area contributed by atoms with Crippen LogP contribution in [0.4, 0.5) is 4.79 Å². The maximum absolute atomic E-state index is 11.7. The molecule has 110 valence electrons. The summed E-state index contributed by atoms with van der Waals surface area (Å²) >= 11 is 0. The molecule has 6 heteroatoms. The first-order valence-electron chi connectivity index (χ1n) is 6.68. The number of likely N-dealkylation sites (tertiary alicyclic amines) is 1. The van der Waals surface area contributed by atoms with Crippen molar-refractivity contribution in [2.45, 2.75) is 45.8 Å². The minimum atomic E-state index is -0.459. The number of carbonyl (C=O) groups excluding carboxylic acids is 2. The van der Waals surface area contributed by atoms with Gasteiger partial charge in [0, 0.05) is 25.7 Å². The first-order chi connectivity index (χ1) is 8.81. The summed E-state index contributed by atoms with van der Waals surface area (Å²) in [5.74, 6) is -0.196. The monoisotopic (exact) mass is 272 g/mol. The average Bonchev–Trinajstić information content (AvgIpc) is 2.18. The van der Waals surface area contributed by atoms with Crippen LogP contribution in [0.15, 0.2) is 0 Å². The average molecular weight is 272 g/mol. The zero-order chi connectivity index (χ0) is 14.5. The van der Waals surface area contributed by atoms with Crippen LogP contribution in [0.2, 0.25) is 0 Å². The van der Waals surface area contributed by atoms with Crippen molar-refractivity contribution < 1.29 is 19.1 Å². The number of esters is 1. The third-order valence-corrected chi connectivity index (χ3v) is 2.60. The van der Waals surface area contributed by atoms with Crippen LogP contribution in [-0.4, -0.2) is 54.8 Å². The molecule has 0 aromatic carbocycles. The Kier molecular flexibility index (Phi) is 5.60. The van der Waals surface area contributed by atoms with Crippen LogP contribution < -0.4 is 5.32 Å². The normalized spacial score (nSPS) is 15.9. The van der Waals surface area contributed by atoms with Gasteiger partial charge in [-0.05, 0) is 27.7 Å². The number of nitrogens with zero attached hydrogens (tertiary/aromatic N) is 1. The van der Waals surface area contributed by atoms with Crippen molar-refractivity contribution in [1.82, 2.24) is 10.2 Å². The maximum atomic E-state index is 11.7. The number of rotatable bonds is 5. The second kappa shape index (κ2) is 6.75. The molecule has 1 fully saturated rings. The number of amides is 1. The van der Waals surface area contributed by atoms with E-state index in [2.05, 4.69) is 5.32 Å². The van der Waals surface area contributed by atoms with E-state index >= 15 is 0 Å². The van der Waals surface area contributed by atoms with Crippen molar-refractivity contribution in [1.29, 1.82) is 0 Å². The standard InChI is InChI=1S/C13H24N2O4/c1-5-18-11(16)6-7-14-10-8-15(9-10)12(17)19-13(2,3)4/h10,14H,5-9H2,1-4H3. The topological polar surface area (TPSA) is 67.9 Å². The van der Waals surface area contributed by atoms with E-state index in [0.29, 0.717) is 32.7 Å². The highest BCUT2D eigenvalue weighted by Crippen LogP contribution is 2.15. The molecule has 0 saturated carbocycles. The summed E-state index contributed by atoms with van der Waals surface area (Å²) < 4.78 is 10.1. The van der Waals surface area contributed by atoms with Crippen molar-refractivity contribution in [3.8, 4) is 0 Å². The van der Waals surface area contributed by atoms with E-state index in [1.165, 1.54) is 0 Å². The molecule has 0 aliphatic carbocycles. The Morgan fingerprint density at radius 3 is 2.47 bits per heavy atom. The van der Waals surface area contributed by atoms with Crippen LogP contribution in [0.3, 0.4) is 0 Å². The Bertz CT molecular complexity index is 319. The molecule has 0 spiro atoms. The van der Waals surface area contributed by atoms with Crippen molar-refractivity contribution >= 4 is 12.1 Å². The lowest BCUT2D eigenvalue weighted by atomic mass is 10.1. The largest absolute Gasteiger partial charge is 0.466 e. The summed E-state index contributed by atoms with van der Waals surface area (Å²) in [5.41, 5.74) is -0.459. The summed E-state index contributed by atoms with van der Waals surface area (Å²) in [6.07, 6.45) is 0.0764. The maximum Gasteiger partial charge on any atom is 0.410 e. The Balaban J connectivity index is 2.10. The zero-order valence-corrected chi connectivity index (χ0v) is 12.2. The van der Waals surface area contributed by atoms with E-state index in [9.17, 15) is 9.59 Å². The van der Waals surface area contributed by atoms with E-state index < -0.39 is 5.60 Å². The quantitative estimate of drug-likeness (QED) is 0.760. The molecular weight excluding hydrogens is 248 g/mol. The van der Waals surface area contributed by atoms with Gasteiger partial charge in [-0.3, -0.25) is 4.79 Å². The first kappa shape index (κ1) is 15.8. The molecule has 0 atom stereocenters. The zero-order valence-electron chi connectivity index (χ0n) is 12.2. The van der Waals surface area contributed by atoms with Crippen LogP contribution in [0.25, 0.3) is 0 Å². The van der Waals surface area contributed by atoms with Gasteiger partial charge in [0.1, 0.15) is 5.60 Å². The minimum Gasteiger partial charge on any atom is -0.466 e. The van der Waals surface area contributed by atoms with Gasteiger partial charge in [-0.15, -0.1) is 0 Å². The van der Waals surface area contributed by atoms with E-state index in [1.807, 2.05) is 20.8 Å². The molecule has 0 aromatic rings. The minimum absolute atomic E-state index is 0.196. The van der Waals surface area contributed by atoms with Crippen molar-refractivity contribution in [3.05, 3.63) is 0 Å². The molecule has 1 aliphatic heterocycles. The summed E-state index contributed by atoms with van der Waals surface area (Å²) in [6, 6.07) is 0.238. The van der Waals surface area contributed by atoms with Gasteiger partial charge >= 0.3 is 12.1 Å². The molecule has 1 amide bonds. The van der Waals surface area contributed by atoms with Crippen molar-refractivity contribution in [3.63, 3.8) is 0 Å². The molecule has 0 radical (unpaired) electrons. The third-order valence-electron chi connectivity index (χ3n) is 2.60. The number of ether oxygens (including phenoxy) is 2. The summed E-state index contributed by atoms with van der Waals surface area (Å²) in [5, 5.41) is 3.21. The number of hydrogen-bond donors (Lipinski definition) is 1. The Morgan fingerprint density at radius 2 is 1.95 bits per heavy atom. The van der Waals surface area contributed by atoms with Gasteiger partial charge < -0.3 is 19.7 Å². The predicted molar refractivity (Wildman–Crippen MR) is 70.8 cm³/mol. The van der Waals surface area contributed by atoms with E-state index in [-0.39, 0.29) is 18.1 Å². The van der Waals surface area contributed by atoms with E-state index in [4.69, 9.17) is 9.47 Å². The van der Waals surface area contributed by atoms with Crippen LogP contribution in [0.5, 0.6) is 0 Å². The van der Waals surface area contributed by atoms with Crippen LogP contribution in [0, 0.1) is 0 Å². The third kappa shape index (κ3) is 5.92. The van der Waals surface area contributed by atoms with E-state index in [1.54, 1.807) is 11.8 Å². The van der Waals surface area contributed by atoms with Crippen LogP contribution in [0.1, 0.15) is 34.1 Å². The van der Waals surface area contributed by atoms with Gasteiger partial charge in [-0.2, -0.15) is 0 Å². The molecule has 1 heterocycles. The Labute approximate surface area is 114 Å². The summed E-state index contributed by atoms with van der Waals surface area (Å²) in [4.78, 5) is 24.4. The smallest absolute Gasteiger partial charge is 0.410 e. The molecule has 1 aliphatic rings. The lowest BCUT2D eigenvalue weighted by molar-refractivity contribution is -0.143. The molecule has 0 aromatic heterocycles. The number of nitrogens with one attached hydrogen (secondary N) is 1. The Morgan fingerprint density at radius 1 is 1.32 bits per heavy atom. The van der Waals surface area contributed by atoms with Gasteiger partial charge in [0.25, 0.3) is 0 Å². The highest BCUT2D eigenvalue weighted by Gasteiger charge is 2.33. The predicted octanol–water partition coefficient (Wildman–Crippen LogP) is 1.15. The van der Waals surface area contributed by atoms with Gasteiger partial charge in [0.05, 0.1) is 13.0 Å². The lowest BCUT2D eigenvalue weighted by Gasteiger charge is -2.40. The lowest BCUT2D eigenvalue weighted by Crippen LogP contribution is -2.60.